The summed E-state index contributed by atoms with van der Waals surface area (Å²) in [6, 6.07) is 4.69. The molecule has 7 heteroatoms. The molecule has 0 aliphatic carbocycles. The number of rotatable bonds is 5. The molecule has 25 heavy (non-hydrogen) atoms. The van der Waals surface area contributed by atoms with Crippen LogP contribution in [0, 0.1) is 25.2 Å². The Bertz CT molecular complexity index is 944. The molecule has 0 N–H and O–H groups in total. The zero-order valence-electron chi connectivity index (χ0n) is 14.6. The van der Waals surface area contributed by atoms with E-state index in [1.54, 1.807) is 12.1 Å². The highest BCUT2D eigenvalue weighted by molar-refractivity contribution is 5.97. The number of esters is 1. The van der Waals surface area contributed by atoms with Crippen LogP contribution in [0.5, 0.6) is 0 Å². The van der Waals surface area contributed by atoms with E-state index in [0.29, 0.717) is 5.56 Å². The van der Waals surface area contributed by atoms with E-state index < -0.39 is 11.5 Å². The molecular weight excluding hydrogens is 322 g/mol. The number of pyridine rings is 1. The number of carbonyl (C=O) groups excluding carboxylic acids is 2. The molecule has 0 saturated heterocycles. The summed E-state index contributed by atoms with van der Waals surface area (Å²) in [5.74, 6) is -0.942. The summed E-state index contributed by atoms with van der Waals surface area (Å²) in [7, 11) is 1.20. The Morgan fingerprint density at radius 3 is 2.48 bits per heavy atom. The molecule has 0 saturated carbocycles. The third-order valence-corrected chi connectivity index (χ3v) is 4.13. The molecular formula is C18H19N3O4. The van der Waals surface area contributed by atoms with E-state index >= 15 is 0 Å². The molecule has 2 rings (SSSR count). The summed E-state index contributed by atoms with van der Waals surface area (Å²) in [6.45, 7) is 6.22. The van der Waals surface area contributed by atoms with Crippen LogP contribution in [-0.2, 0) is 17.8 Å². The van der Waals surface area contributed by atoms with Gasteiger partial charge in [-0.05, 0) is 32.9 Å². The number of aromatic nitrogens is 2. The second-order valence-electron chi connectivity index (χ2n) is 5.63. The molecule has 130 valence electrons. The Morgan fingerprint density at radius 1 is 1.28 bits per heavy atom. The third kappa shape index (κ3) is 3.38. The fourth-order valence-corrected chi connectivity index (χ4v) is 2.87. The first-order valence-corrected chi connectivity index (χ1v) is 7.76. The van der Waals surface area contributed by atoms with Crippen molar-refractivity contribution in [3.05, 3.63) is 56.8 Å². The summed E-state index contributed by atoms with van der Waals surface area (Å²) < 4.78 is 7.70. The lowest BCUT2D eigenvalue weighted by atomic mass is 10.1. The van der Waals surface area contributed by atoms with Gasteiger partial charge in [-0.25, -0.2) is 4.79 Å². The van der Waals surface area contributed by atoms with Gasteiger partial charge in [-0.2, -0.15) is 5.26 Å². The number of methoxy groups -OCH3 is 1. The van der Waals surface area contributed by atoms with Crippen molar-refractivity contribution in [1.29, 1.82) is 5.26 Å². The summed E-state index contributed by atoms with van der Waals surface area (Å²) in [5, 5.41) is 9.09. The zero-order chi connectivity index (χ0) is 18.7. The lowest BCUT2D eigenvalue weighted by Gasteiger charge is -2.09. The number of aryl methyl sites for hydroxylation is 1. The predicted octanol–water partition coefficient (Wildman–Crippen LogP) is 1.83. The quantitative estimate of drug-likeness (QED) is 0.611. The molecule has 2 aromatic heterocycles. The van der Waals surface area contributed by atoms with Crippen molar-refractivity contribution in [3.8, 4) is 6.07 Å². The van der Waals surface area contributed by atoms with E-state index in [0.717, 1.165) is 28.6 Å². The van der Waals surface area contributed by atoms with Gasteiger partial charge in [0.1, 0.15) is 11.6 Å². The topological polar surface area (TPSA) is 94.1 Å². The molecule has 0 spiro atoms. The first kappa shape index (κ1) is 18.2. The molecule has 0 aliphatic heterocycles. The monoisotopic (exact) mass is 341 g/mol. The second-order valence-corrected chi connectivity index (χ2v) is 5.63. The Labute approximate surface area is 145 Å². The van der Waals surface area contributed by atoms with Crippen molar-refractivity contribution < 1.29 is 14.3 Å². The molecule has 0 atom stereocenters. The largest absolute Gasteiger partial charge is 0.465 e. The predicted molar refractivity (Wildman–Crippen MR) is 90.7 cm³/mol. The fourth-order valence-electron chi connectivity index (χ4n) is 2.87. The lowest BCUT2D eigenvalue weighted by Crippen LogP contribution is -2.27. The van der Waals surface area contributed by atoms with E-state index in [1.807, 2.05) is 25.3 Å². The minimum absolute atomic E-state index is 0.0467. The van der Waals surface area contributed by atoms with Crippen molar-refractivity contribution in [2.24, 2.45) is 0 Å². The van der Waals surface area contributed by atoms with Crippen molar-refractivity contribution in [1.82, 2.24) is 9.13 Å². The van der Waals surface area contributed by atoms with Gasteiger partial charge in [0.2, 0.25) is 0 Å². The van der Waals surface area contributed by atoms with Crippen LogP contribution in [0.1, 0.15) is 44.6 Å². The average Bonchev–Trinajstić information content (AvgIpc) is 2.89. The van der Waals surface area contributed by atoms with Gasteiger partial charge in [-0.1, -0.05) is 0 Å². The molecule has 0 aromatic carbocycles. The maximum absolute atomic E-state index is 12.6. The molecule has 0 amide bonds. The van der Waals surface area contributed by atoms with Crippen molar-refractivity contribution in [2.45, 2.75) is 33.9 Å². The van der Waals surface area contributed by atoms with Gasteiger partial charge >= 0.3 is 5.97 Å². The smallest absolute Gasteiger partial charge is 0.339 e. The number of hydrogen-bond donors (Lipinski definition) is 0. The van der Waals surface area contributed by atoms with E-state index in [9.17, 15) is 14.4 Å². The van der Waals surface area contributed by atoms with Crippen LogP contribution in [0.2, 0.25) is 0 Å². The molecule has 0 bridgehead atoms. The Morgan fingerprint density at radius 2 is 1.96 bits per heavy atom. The standard InChI is InChI=1S/C18H19N3O4/c1-5-21-11(2)6-15(12(21)3)16(22)10-20-9-14(18(24)25-4)7-13(8-19)17(20)23/h6-7,9H,5,10H2,1-4H3. The van der Waals surface area contributed by atoms with Gasteiger partial charge in [-0.3, -0.25) is 9.59 Å². The summed E-state index contributed by atoms with van der Waals surface area (Å²) in [5.41, 5.74) is 1.51. The van der Waals surface area contributed by atoms with E-state index in [1.165, 1.54) is 13.3 Å². The molecule has 2 heterocycles. The maximum atomic E-state index is 12.6. The highest BCUT2D eigenvalue weighted by atomic mass is 16.5. The molecule has 7 nitrogen and oxygen atoms in total. The highest BCUT2D eigenvalue weighted by Crippen LogP contribution is 2.16. The van der Waals surface area contributed by atoms with Gasteiger partial charge in [0.15, 0.2) is 5.78 Å². The van der Waals surface area contributed by atoms with Crippen LogP contribution in [0.15, 0.2) is 23.1 Å². The number of hydrogen-bond acceptors (Lipinski definition) is 5. The van der Waals surface area contributed by atoms with Crippen LogP contribution < -0.4 is 5.56 Å². The highest BCUT2D eigenvalue weighted by Gasteiger charge is 2.18. The summed E-state index contributed by atoms with van der Waals surface area (Å²) in [4.78, 5) is 36.6. The van der Waals surface area contributed by atoms with Crippen LogP contribution in [-0.4, -0.2) is 28.0 Å². The van der Waals surface area contributed by atoms with E-state index in [-0.39, 0.29) is 23.5 Å². The van der Waals surface area contributed by atoms with Crippen LogP contribution in [0.25, 0.3) is 0 Å². The molecule has 0 unspecified atom stereocenters. The second kappa shape index (κ2) is 7.18. The first-order chi connectivity index (χ1) is 11.8. The zero-order valence-corrected chi connectivity index (χ0v) is 14.6. The number of ether oxygens (including phenoxy) is 1. The van der Waals surface area contributed by atoms with Crippen LogP contribution in [0.3, 0.4) is 0 Å². The lowest BCUT2D eigenvalue weighted by molar-refractivity contribution is 0.0599. The van der Waals surface area contributed by atoms with Crippen molar-refractivity contribution in [3.63, 3.8) is 0 Å². The first-order valence-electron chi connectivity index (χ1n) is 7.76. The molecule has 0 fully saturated rings. The summed E-state index contributed by atoms with van der Waals surface area (Å²) in [6.07, 6.45) is 1.24. The Balaban J connectivity index is 2.46. The number of ketones is 1. The minimum Gasteiger partial charge on any atom is -0.465 e. The molecule has 0 aliphatic rings. The average molecular weight is 341 g/mol. The SMILES string of the molecule is CCn1c(C)cc(C(=O)Cn2cc(C(=O)OC)cc(C#N)c2=O)c1C. The maximum Gasteiger partial charge on any atom is 0.339 e. The van der Waals surface area contributed by atoms with Gasteiger partial charge in [0, 0.05) is 29.7 Å². The minimum atomic E-state index is -0.679. The van der Waals surface area contributed by atoms with Gasteiger partial charge in [-0.15, -0.1) is 0 Å². The van der Waals surface area contributed by atoms with Gasteiger partial charge in [0.25, 0.3) is 5.56 Å². The van der Waals surface area contributed by atoms with Crippen LogP contribution >= 0.6 is 0 Å². The van der Waals surface area contributed by atoms with E-state index in [4.69, 9.17) is 5.26 Å². The Hall–Kier alpha value is -3.14. The number of nitrogens with zero attached hydrogens (tertiary/aromatic N) is 3. The fraction of sp³-hybridized carbons (Fsp3) is 0.333. The Kier molecular flexibility index (Phi) is 5.22. The molecule has 0 radical (unpaired) electrons. The van der Waals surface area contributed by atoms with Crippen molar-refractivity contribution in [2.75, 3.05) is 7.11 Å². The number of nitriles is 1. The number of Topliss-reactive ketones (excluding diaryl/α,β-unsaturated/α-hetero) is 1. The van der Waals surface area contributed by atoms with Gasteiger partial charge in [0.05, 0.1) is 19.2 Å². The van der Waals surface area contributed by atoms with Crippen LogP contribution in [0.4, 0.5) is 0 Å². The normalized spacial score (nSPS) is 10.4. The van der Waals surface area contributed by atoms with E-state index in [2.05, 4.69) is 4.74 Å². The molecule has 2 aromatic rings. The third-order valence-electron chi connectivity index (χ3n) is 4.13. The van der Waals surface area contributed by atoms with Gasteiger partial charge < -0.3 is 13.9 Å². The summed E-state index contributed by atoms with van der Waals surface area (Å²) >= 11 is 0. The van der Waals surface area contributed by atoms with Crippen molar-refractivity contribution >= 4 is 11.8 Å². The number of carbonyl (C=O) groups is 2.